The van der Waals surface area contributed by atoms with Crippen molar-refractivity contribution >= 4 is 5.91 Å². The van der Waals surface area contributed by atoms with E-state index in [9.17, 15) is 4.79 Å². The number of hydrogen-bond acceptors (Lipinski definition) is 3. The summed E-state index contributed by atoms with van der Waals surface area (Å²) >= 11 is 0. The van der Waals surface area contributed by atoms with Gasteiger partial charge in [0.05, 0.1) is 12.6 Å². The van der Waals surface area contributed by atoms with Crippen LogP contribution in [-0.2, 0) is 11.3 Å². The third kappa shape index (κ3) is 2.40. The van der Waals surface area contributed by atoms with Gasteiger partial charge in [-0.1, -0.05) is 30.3 Å². The predicted octanol–water partition coefficient (Wildman–Crippen LogP) is 0.554. The molecular formula is C14H19N3O. The summed E-state index contributed by atoms with van der Waals surface area (Å²) in [5.74, 6) is 0.313. The second-order valence-electron chi connectivity index (χ2n) is 5.14. The highest BCUT2D eigenvalue weighted by Gasteiger charge is 2.36. The molecule has 4 heteroatoms. The van der Waals surface area contributed by atoms with Crippen LogP contribution in [0.1, 0.15) is 12.0 Å². The molecule has 0 bridgehead atoms. The van der Waals surface area contributed by atoms with Crippen molar-refractivity contribution in [3.8, 4) is 0 Å². The van der Waals surface area contributed by atoms with Crippen LogP contribution in [0.4, 0.5) is 0 Å². The summed E-state index contributed by atoms with van der Waals surface area (Å²) in [7, 11) is 0. The summed E-state index contributed by atoms with van der Waals surface area (Å²) in [4.78, 5) is 14.2. The van der Waals surface area contributed by atoms with Gasteiger partial charge >= 0.3 is 0 Å². The first kappa shape index (κ1) is 11.7. The van der Waals surface area contributed by atoms with Crippen molar-refractivity contribution in [1.82, 2.24) is 15.5 Å². The average molecular weight is 245 g/mol. The van der Waals surface area contributed by atoms with Crippen molar-refractivity contribution in [2.45, 2.75) is 19.0 Å². The van der Waals surface area contributed by atoms with E-state index in [-0.39, 0.29) is 11.8 Å². The fraction of sp³-hybridized carbons (Fsp3) is 0.500. The lowest BCUT2D eigenvalue weighted by Gasteiger charge is -2.40. The second-order valence-corrected chi connectivity index (χ2v) is 5.14. The van der Waals surface area contributed by atoms with Gasteiger partial charge in [0.15, 0.2) is 0 Å². The number of carbonyl (C=O) groups excluding carboxylic acids is 1. The molecular weight excluding hydrogens is 226 g/mol. The molecule has 3 rings (SSSR count). The Balaban J connectivity index is 1.64. The highest BCUT2D eigenvalue weighted by atomic mass is 16.2. The van der Waals surface area contributed by atoms with Crippen molar-refractivity contribution in [1.29, 1.82) is 0 Å². The number of nitrogens with zero attached hydrogens (tertiary/aromatic N) is 1. The first-order chi connectivity index (χ1) is 8.83. The third-order valence-corrected chi connectivity index (χ3v) is 3.91. The number of carbonyl (C=O) groups is 1. The van der Waals surface area contributed by atoms with Gasteiger partial charge in [0.1, 0.15) is 0 Å². The molecule has 1 amide bonds. The zero-order chi connectivity index (χ0) is 12.4. The Morgan fingerprint density at radius 2 is 2.11 bits per heavy atom. The Labute approximate surface area is 107 Å². The molecule has 1 aromatic carbocycles. The number of benzene rings is 1. The molecule has 0 saturated carbocycles. The lowest BCUT2D eigenvalue weighted by Crippen LogP contribution is -2.61. The Morgan fingerprint density at radius 1 is 1.28 bits per heavy atom. The van der Waals surface area contributed by atoms with Gasteiger partial charge < -0.3 is 5.32 Å². The summed E-state index contributed by atoms with van der Waals surface area (Å²) in [5, 5.41) is 6.27. The molecule has 2 unspecified atom stereocenters. The van der Waals surface area contributed by atoms with Gasteiger partial charge in [-0.2, -0.15) is 0 Å². The summed E-state index contributed by atoms with van der Waals surface area (Å²) in [6.07, 6.45) is 1.06. The maximum atomic E-state index is 11.8. The molecule has 96 valence electrons. The van der Waals surface area contributed by atoms with E-state index in [0.717, 1.165) is 26.1 Å². The molecule has 2 N–H and O–H groups in total. The van der Waals surface area contributed by atoms with E-state index in [2.05, 4.69) is 39.8 Å². The number of fused-ring (bicyclic) bond motifs is 1. The van der Waals surface area contributed by atoms with Crippen molar-refractivity contribution < 1.29 is 4.79 Å². The first-order valence-electron chi connectivity index (χ1n) is 6.60. The quantitative estimate of drug-likeness (QED) is 0.800. The Bertz CT molecular complexity index is 420. The van der Waals surface area contributed by atoms with E-state index in [4.69, 9.17) is 0 Å². The fourth-order valence-electron chi connectivity index (χ4n) is 2.92. The molecule has 0 radical (unpaired) electrons. The van der Waals surface area contributed by atoms with Gasteiger partial charge in [-0.3, -0.25) is 15.0 Å². The SMILES string of the molecule is O=C1NCNC2CCN(Cc3ccccc3)CC12. The van der Waals surface area contributed by atoms with Crippen molar-refractivity contribution in [2.75, 3.05) is 19.8 Å². The molecule has 0 spiro atoms. The molecule has 0 aliphatic carbocycles. The van der Waals surface area contributed by atoms with Crippen LogP contribution in [0.3, 0.4) is 0 Å². The van der Waals surface area contributed by atoms with Crippen LogP contribution in [0.15, 0.2) is 30.3 Å². The number of amides is 1. The topological polar surface area (TPSA) is 44.4 Å². The lowest BCUT2D eigenvalue weighted by atomic mass is 9.90. The van der Waals surface area contributed by atoms with Crippen LogP contribution in [-0.4, -0.2) is 36.6 Å². The second kappa shape index (κ2) is 5.08. The maximum absolute atomic E-state index is 11.8. The molecule has 2 atom stereocenters. The van der Waals surface area contributed by atoms with E-state index < -0.39 is 0 Å². The minimum atomic E-state index is 0.108. The normalized spacial score (nSPS) is 28.6. The molecule has 2 aliphatic rings. The number of rotatable bonds is 2. The molecule has 2 saturated heterocycles. The van der Waals surface area contributed by atoms with Crippen LogP contribution in [0, 0.1) is 5.92 Å². The van der Waals surface area contributed by atoms with Gasteiger partial charge in [-0.05, 0) is 12.0 Å². The van der Waals surface area contributed by atoms with Gasteiger partial charge in [0, 0.05) is 25.7 Å². The minimum Gasteiger partial charge on any atom is -0.343 e. The Morgan fingerprint density at radius 3 is 2.94 bits per heavy atom. The van der Waals surface area contributed by atoms with E-state index in [0.29, 0.717) is 12.7 Å². The number of piperidine rings is 1. The Hall–Kier alpha value is -1.39. The standard InChI is InChI=1S/C14H19N3O/c18-14-12-9-17(7-6-13(12)15-10-16-14)8-11-4-2-1-3-5-11/h1-5,12-13,15H,6-10H2,(H,16,18). The summed E-state index contributed by atoms with van der Waals surface area (Å²) in [6.45, 7) is 3.49. The van der Waals surface area contributed by atoms with Gasteiger partial charge in [-0.15, -0.1) is 0 Å². The number of likely N-dealkylation sites (tertiary alicyclic amines) is 1. The highest BCUT2D eigenvalue weighted by molar-refractivity contribution is 5.80. The van der Waals surface area contributed by atoms with Crippen LogP contribution in [0.5, 0.6) is 0 Å². The predicted molar refractivity (Wildman–Crippen MR) is 69.8 cm³/mol. The van der Waals surface area contributed by atoms with Crippen molar-refractivity contribution in [3.05, 3.63) is 35.9 Å². The fourth-order valence-corrected chi connectivity index (χ4v) is 2.92. The smallest absolute Gasteiger partial charge is 0.226 e. The maximum Gasteiger partial charge on any atom is 0.226 e. The van der Waals surface area contributed by atoms with E-state index in [1.165, 1.54) is 5.56 Å². The summed E-state index contributed by atoms with van der Waals surface area (Å²) < 4.78 is 0. The number of hydrogen-bond donors (Lipinski definition) is 2. The minimum absolute atomic E-state index is 0.108. The third-order valence-electron chi connectivity index (χ3n) is 3.91. The zero-order valence-electron chi connectivity index (χ0n) is 10.4. The molecule has 0 aromatic heterocycles. The summed E-state index contributed by atoms with van der Waals surface area (Å²) in [5.41, 5.74) is 1.32. The van der Waals surface area contributed by atoms with E-state index in [1.54, 1.807) is 0 Å². The molecule has 4 nitrogen and oxygen atoms in total. The van der Waals surface area contributed by atoms with Gasteiger partial charge in [0.2, 0.25) is 5.91 Å². The largest absolute Gasteiger partial charge is 0.343 e. The molecule has 2 fully saturated rings. The number of nitrogens with one attached hydrogen (secondary N) is 2. The van der Waals surface area contributed by atoms with E-state index in [1.807, 2.05) is 6.07 Å². The van der Waals surface area contributed by atoms with Crippen LogP contribution in [0.2, 0.25) is 0 Å². The van der Waals surface area contributed by atoms with Crippen molar-refractivity contribution in [2.24, 2.45) is 5.92 Å². The molecule has 2 heterocycles. The summed E-state index contributed by atoms with van der Waals surface area (Å²) in [6, 6.07) is 10.8. The lowest BCUT2D eigenvalue weighted by molar-refractivity contribution is -0.130. The van der Waals surface area contributed by atoms with Crippen LogP contribution < -0.4 is 10.6 Å². The first-order valence-corrected chi connectivity index (χ1v) is 6.60. The van der Waals surface area contributed by atoms with Gasteiger partial charge in [-0.25, -0.2) is 0 Å². The van der Waals surface area contributed by atoms with Crippen molar-refractivity contribution in [3.63, 3.8) is 0 Å². The zero-order valence-corrected chi connectivity index (χ0v) is 10.4. The van der Waals surface area contributed by atoms with Crippen LogP contribution in [0.25, 0.3) is 0 Å². The Kier molecular flexibility index (Phi) is 3.30. The highest BCUT2D eigenvalue weighted by Crippen LogP contribution is 2.21. The molecule has 1 aromatic rings. The van der Waals surface area contributed by atoms with Gasteiger partial charge in [0.25, 0.3) is 0 Å². The van der Waals surface area contributed by atoms with E-state index >= 15 is 0 Å². The average Bonchev–Trinajstić information content (AvgIpc) is 2.41. The monoisotopic (exact) mass is 245 g/mol. The molecule has 18 heavy (non-hydrogen) atoms. The molecule has 2 aliphatic heterocycles. The van der Waals surface area contributed by atoms with Crippen LogP contribution >= 0.6 is 0 Å².